The first-order valence-electron chi connectivity index (χ1n) is 14.2. The van der Waals surface area contributed by atoms with E-state index in [1.165, 1.54) is 49.2 Å². The van der Waals surface area contributed by atoms with Crippen LogP contribution in [0.2, 0.25) is 0 Å². The number of non-ortho nitro benzene ring substituents is 1. The molecule has 2 aliphatic rings. The van der Waals surface area contributed by atoms with E-state index < -0.39 is 27.2 Å². The summed E-state index contributed by atoms with van der Waals surface area (Å²) in [6.45, 7) is 0. The molecule has 1 aliphatic heterocycles. The average molecular weight is 660 g/mol. The van der Waals surface area contributed by atoms with Crippen LogP contribution in [0.1, 0.15) is 50.2 Å². The molecule has 0 amide bonds. The van der Waals surface area contributed by atoms with E-state index >= 15 is 0 Å². The van der Waals surface area contributed by atoms with Gasteiger partial charge in [0.1, 0.15) is 11.3 Å². The van der Waals surface area contributed by atoms with E-state index in [9.17, 15) is 29.8 Å². The number of nitrogens with one attached hydrogen (secondary N) is 1. The van der Waals surface area contributed by atoms with Crippen molar-refractivity contribution in [1.82, 2.24) is 0 Å². The standard InChI is InChI=1S/C33H26ClN3O8S/c1-44-33(39)21-9-2-4-11-26(21)45-32(38)19-13-14-24-22(16-19)29-23(31(35-24)18-7-6-8-20(15-18)36(40)41)17-28(30(29)34)46-27-12-5-3-10-25(27)37(42)43/h2-16,23,28-31,35H,17H2,1H3/t23-,28-,29+,30-,31-/m0/s1. The SMILES string of the molecule is COC(=O)c1ccccc1OC(=O)c1ccc2c(c1)[C@H]1[C@@H](Cl)[C@@H](Sc3ccccc3[N+](=O)[O-])C[C@@H]1[C@H](c1cccc([N+](=O)[O-])c1)N2. The van der Waals surface area contributed by atoms with E-state index in [4.69, 9.17) is 21.1 Å². The number of anilines is 1. The van der Waals surface area contributed by atoms with Crippen LogP contribution >= 0.6 is 23.4 Å². The predicted molar refractivity (Wildman–Crippen MR) is 172 cm³/mol. The zero-order valence-electron chi connectivity index (χ0n) is 24.2. The molecule has 4 aromatic rings. The van der Waals surface area contributed by atoms with Crippen LogP contribution in [0, 0.1) is 26.1 Å². The molecular formula is C33H26ClN3O8S. The number of carbonyl (C=O) groups excluding carboxylic acids is 2. The van der Waals surface area contributed by atoms with Gasteiger partial charge in [0.25, 0.3) is 11.4 Å². The van der Waals surface area contributed by atoms with Crippen molar-refractivity contribution < 1.29 is 28.9 Å². The molecule has 1 aliphatic carbocycles. The predicted octanol–water partition coefficient (Wildman–Crippen LogP) is 7.55. The molecule has 1 N–H and O–H groups in total. The highest BCUT2D eigenvalue weighted by molar-refractivity contribution is 8.00. The molecule has 0 radical (unpaired) electrons. The minimum atomic E-state index is -0.688. The Hall–Kier alpha value is -4.94. The van der Waals surface area contributed by atoms with E-state index in [1.807, 2.05) is 6.07 Å². The lowest BCUT2D eigenvalue weighted by Crippen LogP contribution is -2.31. The van der Waals surface area contributed by atoms with E-state index in [-0.39, 0.29) is 51.4 Å². The Kier molecular flexibility index (Phi) is 8.65. The van der Waals surface area contributed by atoms with Gasteiger partial charge in [-0.1, -0.05) is 36.4 Å². The van der Waals surface area contributed by atoms with Gasteiger partial charge in [-0.15, -0.1) is 23.4 Å². The summed E-state index contributed by atoms with van der Waals surface area (Å²) in [5, 5.41) is 26.1. The molecule has 0 spiro atoms. The number of halogens is 1. The van der Waals surface area contributed by atoms with Crippen LogP contribution in [0.15, 0.2) is 95.9 Å². The van der Waals surface area contributed by atoms with Gasteiger partial charge in [-0.25, -0.2) is 9.59 Å². The van der Waals surface area contributed by atoms with Crippen molar-refractivity contribution in [2.45, 2.75) is 33.9 Å². The summed E-state index contributed by atoms with van der Waals surface area (Å²) in [5.41, 5.74) is 2.43. The quantitative estimate of drug-likeness (QED) is 0.0660. The first-order chi connectivity index (χ1) is 22.2. The highest BCUT2D eigenvalue weighted by Gasteiger charge is 2.50. The molecule has 234 valence electrons. The Bertz CT molecular complexity index is 1870. The molecule has 1 saturated carbocycles. The normalized spacial score (nSPS) is 21.3. The third-order valence-electron chi connectivity index (χ3n) is 8.32. The number of para-hydroxylation sites is 2. The van der Waals surface area contributed by atoms with E-state index in [2.05, 4.69) is 5.32 Å². The molecule has 11 nitrogen and oxygen atoms in total. The Labute approximate surface area is 272 Å². The number of carbonyl (C=O) groups is 2. The monoisotopic (exact) mass is 659 g/mol. The molecular weight excluding hydrogens is 634 g/mol. The lowest BCUT2D eigenvalue weighted by atomic mass is 9.76. The number of ether oxygens (including phenoxy) is 2. The molecule has 0 aromatic heterocycles. The van der Waals surface area contributed by atoms with Crippen LogP contribution in [0.3, 0.4) is 0 Å². The lowest BCUT2D eigenvalue weighted by molar-refractivity contribution is -0.387. The fourth-order valence-electron chi connectivity index (χ4n) is 6.27. The third kappa shape index (κ3) is 5.88. The molecule has 0 bridgehead atoms. The molecule has 0 saturated heterocycles. The van der Waals surface area contributed by atoms with Gasteiger partial charge in [0.2, 0.25) is 0 Å². The summed E-state index contributed by atoms with van der Waals surface area (Å²) in [6.07, 6.45) is 0.538. The maximum Gasteiger partial charge on any atom is 0.343 e. The van der Waals surface area contributed by atoms with Crippen molar-refractivity contribution in [2.75, 3.05) is 12.4 Å². The highest BCUT2D eigenvalue weighted by atomic mass is 35.5. The van der Waals surface area contributed by atoms with Crippen molar-refractivity contribution in [1.29, 1.82) is 0 Å². The second-order valence-corrected chi connectivity index (χ2v) is 12.7. The van der Waals surface area contributed by atoms with Crippen molar-refractivity contribution in [3.8, 4) is 5.75 Å². The molecule has 13 heteroatoms. The second-order valence-electron chi connectivity index (χ2n) is 10.9. The third-order valence-corrected chi connectivity index (χ3v) is 10.4. The van der Waals surface area contributed by atoms with E-state index in [1.54, 1.807) is 54.6 Å². The fourth-order valence-corrected chi connectivity index (χ4v) is 8.21. The number of hydrogen-bond donors (Lipinski definition) is 1. The number of thioether (sulfide) groups is 1. The van der Waals surface area contributed by atoms with Crippen LogP contribution in [0.4, 0.5) is 17.1 Å². The van der Waals surface area contributed by atoms with Crippen molar-refractivity contribution >= 4 is 52.4 Å². The minimum absolute atomic E-state index is 0.0164. The Morgan fingerprint density at radius 1 is 0.913 bits per heavy atom. The van der Waals surface area contributed by atoms with E-state index in [0.717, 1.165) is 5.56 Å². The van der Waals surface area contributed by atoms with Crippen LogP contribution < -0.4 is 10.1 Å². The summed E-state index contributed by atoms with van der Waals surface area (Å²) in [7, 11) is 1.24. The Morgan fingerprint density at radius 3 is 2.43 bits per heavy atom. The number of benzene rings is 4. The zero-order chi connectivity index (χ0) is 32.5. The van der Waals surface area contributed by atoms with Gasteiger partial charge in [-0.2, -0.15) is 0 Å². The van der Waals surface area contributed by atoms with Gasteiger partial charge in [-0.3, -0.25) is 20.2 Å². The smallest absolute Gasteiger partial charge is 0.343 e. The molecule has 46 heavy (non-hydrogen) atoms. The minimum Gasteiger partial charge on any atom is -0.465 e. The van der Waals surface area contributed by atoms with Crippen molar-refractivity contribution in [3.05, 3.63) is 133 Å². The lowest BCUT2D eigenvalue weighted by Gasteiger charge is -2.38. The first kappa shape index (κ1) is 31.1. The number of nitrogens with zero attached hydrogens (tertiary/aromatic N) is 2. The van der Waals surface area contributed by atoms with Crippen molar-refractivity contribution in [3.63, 3.8) is 0 Å². The van der Waals surface area contributed by atoms with Gasteiger partial charge >= 0.3 is 11.9 Å². The first-order valence-corrected chi connectivity index (χ1v) is 15.6. The van der Waals surface area contributed by atoms with Gasteiger partial charge in [-0.05, 0) is 59.9 Å². The number of fused-ring (bicyclic) bond motifs is 3. The molecule has 0 unspecified atom stereocenters. The Balaban J connectivity index is 1.37. The average Bonchev–Trinajstić information content (AvgIpc) is 3.39. The highest BCUT2D eigenvalue weighted by Crippen LogP contribution is 2.58. The number of hydrogen-bond acceptors (Lipinski definition) is 10. The Morgan fingerprint density at radius 2 is 1.67 bits per heavy atom. The number of alkyl halides is 1. The molecule has 4 aromatic carbocycles. The summed E-state index contributed by atoms with van der Waals surface area (Å²) >= 11 is 8.57. The van der Waals surface area contributed by atoms with Crippen LogP contribution in [0.25, 0.3) is 0 Å². The maximum absolute atomic E-state index is 13.4. The van der Waals surface area contributed by atoms with Gasteiger partial charge in [0, 0.05) is 35.1 Å². The van der Waals surface area contributed by atoms with Gasteiger partial charge < -0.3 is 14.8 Å². The number of esters is 2. The number of nitro groups is 2. The zero-order valence-corrected chi connectivity index (χ0v) is 25.8. The van der Waals surface area contributed by atoms with Crippen LogP contribution in [0.5, 0.6) is 5.75 Å². The maximum atomic E-state index is 13.4. The van der Waals surface area contributed by atoms with Crippen LogP contribution in [-0.4, -0.2) is 39.5 Å². The summed E-state index contributed by atoms with van der Waals surface area (Å²) in [4.78, 5) is 48.6. The molecule has 1 fully saturated rings. The summed E-state index contributed by atoms with van der Waals surface area (Å²) in [6, 6.07) is 23.9. The largest absolute Gasteiger partial charge is 0.465 e. The molecule has 6 rings (SSSR count). The van der Waals surface area contributed by atoms with Gasteiger partial charge in [0.05, 0.1) is 38.8 Å². The topological polar surface area (TPSA) is 151 Å². The fraction of sp³-hybridized carbons (Fsp3) is 0.212. The summed E-state index contributed by atoms with van der Waals surface area (Å²) < 4.78 is 10.4. The number of nitro benzene ring substituents is 2. The second kappa shape index (κ2) is 12.8. The van der Waals surface area contributed by atoms with Gasteiger partial charge in [0.15, 0.2) is 0 Å². The van der Waals surface area contributed by atoms with Crippen molar-refractivity contribution in [2.24, 2.45) is 5.92 Å². The van der Waals surface area contributed by atoms with Crippen LogP contribution in [-0.2, 0) is 4.74 Å². The summed E-state index contributed by atoms with van der Waals surface area (Å²) in [5.74, 6) is -1.78. The molecule has 5 atom stereocenters. The van der Waals surface area contributed by atoms with E-state index in [0.29, 0.717) is 22.6 Å². The number of methoxy groups -OCH3 is 1. The number of rotatable bonds is 8. The molecule has 1 heterocycles.